The van der Waals surface area contributed by atoms with E-state index in [1.165, 1.54) is 22.2 Å². The van der Waals surface area contributed by atoms with E-state index in [-0.39, 0.29) is 36.0 Å². The van der Waals surface area contributed by atoms with E-state index in [4.69, 9.17) is 10.5 Å². The number of aromatic nitrogens is 1. The summed E-state index contributed by atoms with van der Waals surface area (Å²) in [5.41, 5.74) is 12.9. The number of H-pyrrole nitrogens is 1. The number of ether oxygens (including phenoxy) is 1. The first-order valence-corrected chi connectivity index (χ1v) is 21.3. The number of para-hydroxylation sites is 1. The number of nitrogens with zero attached hydrogens (tertiary/aromatic N) is 1. The first kappa shape index (κ1) is 46.8. The highest BCUT2D eigenvalue weighted by Crippen LogP contribution is 2.20. The van der Waals surface area contributed by atoms with Crippen LogP contribution in [0.15, 0.2) is 140 Å². The summed E-state index contributed by atoms with van der Waals surface area (Å²) in [5, 5.41) is 18.5. The van der Waals surface area contributed by atoms with Crippen molar-refractivity contribution in [3.8, 4) is 5.75 Å². The number of amides is 1. The third-order valence-corrected chi connectivity index (χ3v) is 10.4. The largest absolute Gasteiger partial charge is 0.494 e. The van der Waals surface area contributed by atoms with Gasteiger partial charge >= 0.3 is 0 Å². The third kappa shape index (κ3) is 15.4. The molecule has 2 aliphatic heterocycles. The first-order chi connectivity index (χ1) is 28.7. The van der Waals surface area contributed by atoms with Gasteiger partial charge in [-0.3, -0.25) is 9.79 Å². The summed E-state index contributed by atoms with van der Waals surface area (Å²) in [6, 6.07) is 28.8. The Balaban J connectivity index is 0.000000411. The van der Waals surface area contributed by atoms with Crippen molar-refractivity contribution in [2.24, 2.45) is 22.6 Å². The van der Waals surface area contributed by atoms with Gasteiger partial charge in [-0.2, -0.15) is 0 Å². The van der Waals surface area contributed by atoms with E-state index in [2.05, 4.69) is 138 Å². The molecule has 2 bridgehead atoms. The monoisotopic (exact) mass is 815 g/mol. The Morgan fingerprint density at radius 1 is 0.983 bits per heavy atom. The van der Waals surface area contributed by atoms with Gasteiger partial charge in [-0.25, -0.2) is 0 Å². The fourth-order valence-corrected chi connectivity index (χ4v) is 7.44. The number of carbonyl (C=O) groups is 1. The molecule has 0 fully saturated rings. The SMILES string of the molecule is C=CNC(C(=C)NC(CC(=C)NC1Cc2ccc(cc2)OCCCNC(=O)[C@H](C(C)C)NC1=C)Cc1ccccc1)C(C)C.CC(N)=NC(C)Cc1cc2ccccc2[nH]1. The topological polar surface area (TPSA) is 141 Å². The molecule has 3 heterocycles. The number of hydrogen-bond acceptors (Lipinski definition) is 7. The van der Waals surface area contributed by atoms with Crippen molar-refractivity contribution in [2.45, 2.75) is 104 Å². The Hall–Kier alpha value is -5.90. The number of carbonyl (C=O) groups excluding carboxylic acids is 1. The van der Waals surface area contributed by atoms with Gasteiger partial charge < -0.3 is 42.0 Å². The molecule has 10 nitrogen and oxygen atoms in total. The van der Waals surface area contributed by atoms with Crippen LogP contribution in [0, 0.1) is 11.8 Å². The molecule has 6 rings (SSSR count). The second kappa shape index (κ2) is 23.6. The van der Waals surface area contributed by atoms with Gasteiger partial charge in [-0.15, -0.1) is 0 Å². The summed E-state index contributed by atoms with van der Waals surface area (Å²) < 4.78 is 5.89. The van der Waals surface area contributed by atoms with Crippen LogP contribution in [0.25, 0.3) is 10.9 Å². The zero-order valence-corrected chi connectivity index (χ0v) is 36.8. The summed E-state index contributed by atoms with van der Waals surface area (Å²) in [5.74, 6) is 1.83. The van der Waals surface area contributed by atoms with Crippen LogP contribution in [0.1, 0.15) is 71.2 Å². The molecule has 4 unspecified atom stereocenters. The molecule has 0 aliphatic carbocycles. The number of nitrogens with two attached hydrogens (primary N) is 1. The minimum absolute atomic E-state index is 0.0356. The molecule has 4 aromatic rings. The zero-order valence-electron chi connectivity index (χ0n) is 36.8. The molecular formula is C50H70N8O2. The number of nitrogens with one attached hydrogen (secondary N) is 6. The van der Waals surface area contributed by atoms with E-state index in [1.807, 2.05) is 51.1 Å². The predicted octanol–water partition coefficient (Wildman–Crippen LogP) is 8.07. The maximum atomic E-state index is 13.1. The summed E-state index contributed by atoms with van der Waals surface area (Å²) in [6.07, 6.45) is 5.48. The van der Waals surface area contributed by atoms with E-state index >= 15 is 0 Å². The summed E-state index contributed by atoms with van der Waals surface area (Å²) >= 11 is 0. The lowest BCUT2D eigenvalue weighted by Crippen LogP contribution is -2.50. The van der Waals surface area contributed by atoms with Crippen molar-refractivity contribution >= 4 is 22.6 Å². The Morgan fingerprint density at radius 2 is 1.68 bits per heavy atom. The highest BCUT2D eigenvalue weighted by atomic mass is 16.5. The standard InChI is InChI=1S/C37H53N5O2.C13H17N3/c1-9-38-35(25(2)3)29(8)41-32(23-30-14-11-10-12-15-30)22-27(6)40-34-24-31-16-18-33(19-17-31)44-21-13-20-39-37(43)36(26(4)5)42-28(34)7;1-9(15-10(2)14)7-12-8-11-5-3-4-6-13(11)16-12/h9-12,14-19,25-26,32,34-36,38,40-42H,1,6-8,13,20-24H2,2-5H3,(H,39,43);3-6,8-9,16H,7H2,1-2H3,(H2,14,15)/t32?,34?,35?,36-;/m0./s1. The molecule has 0 saturated heterocycles. The highest BCUT2D eigenvalue weighted by molar-refractivity contribution is 5.82. The molecule has 1 amide bonds. The normalized spacial score (nSPS) is 17.7. The van der Waals surface area contributed by atoms with Crippen LogP contribution >= 0.6 is 0 Å². The van der Waals surface area contributed by atoms with Gasteiger partial charge in [0.25, 0.3) is 0 Å². The van der Waals surface area contributed by atoms with Gasteiger partial charge in [-0.1, -0.05) is 115 Å². The Labute approximate surface area is 359 Å². The molecule has 0 radical (unpaired) electrons. The molecule has 5 atom stereocenters. The number of aromatic amines is 1. The van der Waals surface area contributed by atoms with E-state index in [1.54, 1.807) is 6.20 Å². The third-order valence-electron chi connectivity index (χ3n) is 10.4. The number of benzene rings is 3. The molecule has 60 heavy (non-hydrogen) atoms. The molecule has 10 heteroatoms. The second-order valence-electron chi connectivity index (χ2n) is 16.6. The summed E-state index contributed by atoms with van der Waals surface area (Å²) in [4.78, 5) is 20.8. The molecule has 0 saturated carbocycles. The highest BCUT2D eigenvalue weighted by Gasteiger charge is 2.26. The molecule has 8 N–H and O–H groups in total. The Bertz CT molecular complexity index is 1980. The zero-order chi connectivity index (χ0) is 43.6. The van der Waals surface area contributed by atoms with E-state index in [0.717, 1.165) is 47.7 Å². The van der Waals surface area contributed by atoms with Crippen LogP contribution in [0.2, 0.25) is 0 Å². The quantitative estimate of drug-likeness (QED) is 0.0449. The van der Waals surface area contributed by atoms with Crippen molar-refractivity contribution in [1.82, 2.24) is 31.6 Å². The lowest BCUT2D eigenvalue weighted by atomic mass is 9.97. The van der Waals surface area contributed by atoms with Crippen LogP contribution in [0.3, 0.4) is 0 Å². The van der Waals surface area contributed by atoms with Crippen LogP contribution in [-0.2, 0) is 24.1 Å². The number of amidine groups is 1. The number of rotatable bonds is 16. The number of fused-ring (bicyclic) bond motifs is 13. The van der Waals surface area contributed by atoms with E-state index in [9.17, 15) is 4.79 Å². The van der Waals surface area contributed by atoms with Crippen molar-refractivity contribution < 1.29 is 9.53 Å². The minimum atomic E-state index is -0.408. The van der Waals surface area contributed by atoms with Gasteiger partial charge in [0.05, 0.1) is 30.6 Å². The van der Waals surface area contributed by atoms with E-state index in [0.29, 0.717) is 37.7 Å². The Morgan fingerprint density at radius 3 is 2.33 bits per heavy atom. The van der Waals surface area contributed by atoms with Gasteiger partial charge in [0.2, 0.25) is 5.91 Å². The van der Waals surface area contributed by atoms with Gasteiger partial charge in [0.1, 0.15) is 11.8 Å². The maximum Gasteiger partial charge on any atom is 0.242 e. The summed E-state index contributed by atoms with van der Waals surface area (Å²) in [7, 11) is 0. The maximum absolute atomic E-state index is 13.1. The fraction of sp³-hybridized carbons (Fsp3) is 0.400. The lowest BCUT2D eigenvalue weighted by molar-refractivity contribution is -0.124. The van der Waals surface area contributed by atoms with Gasteiger partial charge in [0.15, 0.2) is 0 Å². The molecular weight excluding hydrogens is 745 g/mol. The smallest absolute Gasteiger partial charge is 0.242 e. The summed E-state index contributed by atoms with van der Waals surface area (Å²) in [6.45, 7) is 30.5. The molecule has 0 spiro atoms. The molecule has 1 aromatic heterocycles. The van der Waals surface area contributed by atoms with Crippen LogP contribution < -0.4 is 37.1 Å². The van der Waals surface area contributed by atoms with Crippen LogP contribution in [-0.4, -0.2) is 60.1 Å². The number of hydrogen-bond donors (Lipinski definition) is 7. The van der Waals surface area contributed by atoms with Crippen LogP contribution in [0.5, 0.6) is 5.75 Å². The molecule has 2 aliphatic rings. The number of aliphatic imine (C=N–C) groups is 1. The predicted molar refractivity (Wildman–Crippen MR) is 252 cm³/mol. The van der Waals surface area contributed by atoms with E-state index < -0.39 is 6.04 Å². The van der Waals surface area contributed by atoms with Crippen molar-refractivity contribution in [2.75, 3.05) is 13.2 Å². The average molecular weight is 815 g/mol. The van der Waals surface area contributed by atoms with Gasteiger partial charge in [0, 0.05) is 53.7 Å². The molecule has 3 aromatic carbocycles. The molecule has 322 valence electrons. The second-order valence-corrected chi connectivity index (χ2v) is 16.6. The lowest BCUT2D eigenvalue weighted by Gasteiger charge is -2.32. The van der Waals surface area contributed by atoms with Crippen molar-refractivity contribution in [1.29, 1.82) is 0 Å². The van der Waals surface area contributed by atoms with Gasteiger partial charge in [-0.05, 0) is 91.9 Å². The first-order valence-electron chi connectivity index (χ1n) is 21.3. The van der Waals surface area contributed by atoms with Crippen LogP contribution in [0.4, 0.5) is 0 Å². The fourth-order valence-electron chi connectivity index (χ4n) is 7.44. The Kier molecular flexibility index (Phi) is 18.4. The van der Waals surface area contributed by atoms with Crippen molar-refractivity contribution in [3.63, 3.8) is 0 Å². The average Bonchev–Trinajstić information content (AvgIpc) is 3.60. The minimum Gasteiger partial charge on any atom is -0.494 e. The van der Waals surface area contributed by atoms with Crippen molar-refractivity contribution in [3.05, 3.63) is 151 Å².